The monoisotopic (exact) mass is 309 g/mol. The molecule has 0 bridgehead atoms. The molecule has 120 valence electrons. The predicted octanol–water partition coefficient (Wildman–Crippen LogP) is 2.54. The predicted molar refractivity (Wildman–Crippen MR) is 94.3 cm³/mol. The fourth-order valence-electron chi connectivity index (χ4n) is 3.33. The topological polar surface area (TPSA) is 44.7 Å². The van der Waals surface area contributed by atoms with Crippen molar-refractivity contribution < 1.29 is 4.79 Å². The smallest absolute Gasteiger partial charge is 0.255 e. The normalized spacial score (nSPS) is 24.8. The molecule has 1 saturated heterocycles. The van der Waals surface area contributed by atoms with Crippen LogP contribution < -0.4 is 5.32 Å². The highest BCUT2D eigenvalue weighted by atomic mass is 16.2. The average molecular weight is 309 g/mol. The Morgan fingerprint density at radius 3 is 3.04 bits per heavy atom. The van der Waals surface area contributed by atoms with Crippen LogP contribution in [0.1, 0.15) is 19.3 Å². The van der Waals surface area contributed by atoms with Crippen molar-refractivity contribution in [2.24, 2.45) is 4.99 Å². The van der Waals surface area contributed by atoms with Crippen LogP contribution in [0.4, 0.5) is 0 Å². The lowest BCUT2D eigenvalue weighted by Gasteiger charge is -2.21. The summed E-state index contributed by atoms with van der Waals surface area (Å²) in [6.07, 6.45) is 8.86. The van der Waals surface area contributed by atoms with Gasteiger partial charge in [-0.05, 0) is 24.0 Å². The number of nitrogens with one attached hydrogen (secondary N) is 1. The maximum absolute atomic E-state index is 12.6. The van der Waals surface area contributed by atoms with E-state index in [-0.39, 0.29) is 5.91 Å². The van der Waals surface area contributed by atoms with Crippen molar-refractivity contribution in [2.45, 2.75) is 19.3 Å². The molecule has 1 N–H and O–H groups in total. The largest absolute Gasteiger partial charge is 0.312 e. The molecule has 3 aliphatic rings. The molecule has 0 spiro atoms. The molecule has 0 unspecified atom stereocenters. The Morgan fingerprint density at radius 2 is 2.30 bits per heavy atom. The van der Waals surface area contributed by atoms with Crippen LogP contribution >= 0.6 is 0 Å². The lowest BCUT2D eigenvalue weighted by Crippen LogP contribution is -2.31. The van der Waals surface area contributed by atoms with Crippen molar-refractivity contribution in [3.8, 4) is 0 Å². The van der Waals surface area contributed by atoms with Crippen LogP contribution in [0.3, 0.4) is 0 Å². The van der Waals surface area contributed by atoms with Crippen LogP contribution in [-0.2, 0) is 4.79 Å². The van der Waals surface area contributed by atoms with Crippen LogP contribution in [0.2, 0.25) is 0 Å². The first-order valence-corrected chi connectivity index (χ1v) is 8.07. The molecule has 0 aromatic heterocycles. The number of hydrogen-bond acceptors (Lipinski definition) is 3. The van der Waals surface area contributed by atoms with E-state index >= 15 is 0 Å². The van der Waals surface area contributed by atoms with Crippen molar-refractivity contribution in [2.75, 3.05) is 26.7 Å². The second-order valence-corrected chi connectivity index (χ2v) is 6.10. The van der Waals surface area contributed by atoms with E-state index in [1.165, 1.54) is 5.57 Å². The van der Waals surface area contributed by atoms with Gasteiger partial charge in [0, 0.05) is 49.1 Å². The van der Waals surface area contributed by atoms with E-state index in [0.717, 1.165) is 60.5 Å². The number of piperidine rings is 1. The maximum Gasteiger partial charge on any atom is 0.255 e. The summed E-state index contributed by atoms with van der Waals surface area (Å²) in [5, 5.41) is 3.35. The Bertz CT molecular complexity index is 691. The van der Waals surface area contributed by atoms with Gasteiger partial charge < -0.3 is 10.2 Å². The summed E-state index contributed by atoms with van der Waals surface area (Å²) in [7, 11) is 1.83. The highest BCUT2D eigenvalue weighted by Gasteiger charge is 2.33. The van der Waals surface area contributed by atoms with Crippen molar-refractivity contribution in [3.05, 3.63) is 59.4 Å². The number of nitrogens with zero attached hydrogens (tertiary/aromatic N) is 2. The molecule has 0 aromatic rings. The molecule has 1 aliphatic carbocycles. The van der Waals surface area contributed by atoms with Crippen molar-refractivity contribution in [1.82, 2.24) is 10.2 Å². The second-order valence-electron chi connectivity index (χ2n) is 6.10. The minimum absolute atomic E-state index is 0.0834. The zero-order chi connectivity index (χ0) is 16.4. The zero-order valence-corrected chi connectivity index (χ0v) is 13.7. The zero-order valence-electron chi connectivity index (χ0n) is 13.7. The van der Waals surface area contributed by atoms with Crippen molar-refractivity contribution >= 4 is 11.6 Å². The van der Waals surface area contributed by atoms with Gasteiger partial charge >= 0.3 is 0 Å². The van der Waals surface area contributed by atoms with Gasteiger partial charge in [0.2, 0.25) is 0 Å². The summed E-state index contributed by atoms with van der Waals surface area (Å²) < 4.78 is 0. The quantitative estimate of drug-likeness (QED) is 0.871. The highest BCUT2D eigenvalue weighted by Crippen LogP contribution is 2.35. The Morgan fingerprint density at radius 1 is 1.48 bits per heavy atom. The molecule has 0 saturated carbocycles. The van der Waals surface area contributed by atoms with Gasteiger partial charge in [-0.1, -0.05) is 31.4 Å². The van der Waals surface area contributed by atoms with Gasteiger partial charge in [-0.25, -0.2) is 0 Å². The van der Waals surface area contributed by atoms with E-state index < -0.39 is 0 Å². The summed E-state index contributed by atoms with van der Waals surface area (Å²) in [4.78, 5) is 18.7. The highest BCUT2D eigenvalue weighted by molar-refractivity contribution is 6.02. The van der Waals surface area contributed by atoms with Crippen LogP contribution in [0.15, 0.2) is 64.4 Å². The van der Waals surface area contributed by atoms with E-state index in [1.807, 2.05) is 13.1 Å². The third kappa shape index (κ3) is 2.99. The van der Waals surface area contributed by atoms with Crippen LogP contribution in [-0.4, -0.2) is 43.2 Å². The summed E-state index contributed by atoms with van der Waals surface area (Å²) in [5.41, 5.74) is 5.88. The molecule has 2 heterocycles. The fraction of sp³-hybridized carbons (Fsp3) is 0.368. The first-order valence-electron chi connectivity index (χ1n) is 8.07. The van der Waals surface area contributed by atoms with Gasteiger partial charge in [-0.2, -0.15) is 0 Å². The first kappa shape index (κ1) is 15.7. The number of rotatable bonds is 3. The summed E-state index contributed by atoms with van der Waals surface area (Å²) in [6.45, 7) is 10.5. The van der Waals surface area contributed by atoms with Crippen LogP contribution in [0.25, 0.3) is 0 Å². The summed E-state index contributed by atoms with van der Waals surface area (Å²) in [6, 6.07) is 0. The van der Waals surface area contributed by atoms with Crippen molar-refractivity contribution in [1.29, 1.82) is 0 Å². The Labute approximate surface area is 137 Å². The first-order chi connectivity index (χ1) is 11.1. The third-order valence-electron chi connectivity index (χ3n) is 4.54. The van der Waals surface area contributed by atoms with Gasteiger partial charge in [-0.15, -0.1) is 0 Å². The lowest BCUT2D eigenvalue weighted by atomic mass is 9.99. The Hall–Kier alpha value is -2.20. The van der Waals surface area contributed by atoms with Gasteiger partial charge in [0.1, 0.15) is 0 Å². The number of carbonyl (C=O) groups is 1. The molecule has 2 aliphatic heterocycles. The molecule has 1 amide bonds. The number of aliphatic imine (C=N–C) groups is 1. The minimum atomic E-state index is 0.0834. The van der Waals surface area contributed by atoms with E-state index in [2.05, 4.69) is 35.6 Å². The maximum atomic E-state index is 12.6. The van der Waals surface area contributed by atoms with E-state index in [4.69, 9.17) is 0 Å². The summed E-state index contributed by atoms with van der Waals surface area (Å²) in [5.74, 6) is 0.0834. The molecule has 4 heteroatoms. The van der Waals surface area contributed by atoms with Gasteiger partial charge in [0.25, 0.3) is 5.91 Å². The third-order valence-corrected chi connectivity index (χ3v) is 4.54. The molecular weight excluding hydrogens is 286 g/mol. The standard InChI is InChI=1S/C19H23N3O/c1-13(10-15-11-21-9-8-18(15)20-3)12-22-14(2)16-6-4-5-7-17(16)19(22)23/h4,6,10,21H,1-2,5,7-9,11-12H2,3H3/b15-10-,20-18?. The average Bonchev–Trinajstić information content (AvgIpc) is 2.81. The van der Waals surface area contributed by atoms with Gasteiger partial charge in [0.05, 0.1) is 6.54 Å². The molecular formula is C19H23N3O. The van der Waals surface area contributed by atoms with Crippen molar-refractivity contribution in [3.63, 3.8) is 0 Å². The van der Waals surface area contributed by atoms with Crippen LogP contribution in [0, 0.1) is 0 Å². The van der Waals surface area contributed by atoms with E-state index in [9.17, 15) is 4.79 Å². The van der Waals surface area contributed by atoms with Gasteiger partial charge in [0.15, 0.2) is 0 Å². The lowest BCUT2D eigenvalue weighted by molar-refractivity contribution is -0.124. The minimum Gasteiger partial charge on any atom is -0.312 e. The van der Waals surface area contributed by atoms with E-state index in [1.54, 1.807) is 4.90 Å². The molecule has 0 aromatic carbocycles. The SMILES string of the molecule is C=C(/C=C1/CNCCC1=NC)CN1C(=C)C2=C(CCC=C2)C1=O. The fourth-order valence-corrected chi connectivity index (χ4v) is 3.33. The Balaban J connectivity index is 1.73. The molecule has 0 atom stereocenters. The van der Waals surface area contributed by atoms with Crippen LogP contribution in [0.5, 0.6) is 0 Å². The number of hydrogen-bond donors (Lipinski definition) is 1. The Kier molecular flexibility index (Phi) is 4.44. The molecule has 1 fully saturated rings. The molecule has 3 rings (SSSR count). The number of allylic oxidation sites excluding steroid dienone is 2. The molecule has 0 radical (unpaired) electrons. The molecule has 4 nitrogen and oxygen atoms in total. The number of amides is 1. The molecule has 23 heavy (non-hydrogen) atoms. The van der Waals surface area contributed by atoms with E-state index in [0.29, 0.717) is 6.54 Å². The summed E-state index contributed by atoms with van der Waals surface area (Å²) >= 11 is 0. The van der Waals surface area contributed by atoms with Gasteiger partial charge in [-0.3, -0.25) is 9.79 Å². The number of carbonyl (C=O) groups excluding carboxylic acids is 1. The second kappa shape index (κ2) is 6.50.